The number of hydrogen-bond donors (Lipinski definition) is 2. The summed E-state index contributed by atoms with van der Waals surface area (Å²) in [5.74, 6) is -0.830. The number of benzene rings is 2. The molecule has 0 saturated carbocycles. The largest absolute Gasteiger partial charge is 0.495 e. The average Bonchev–Trinajstić information content (AvgIpc) is 2.83. The van der Waals surface area contributed by atoms with Crippen LogP contribution in [-0.2, 0) is 16.3 Å². The molecule has 0 atom stereocenters. The van der Waals surface area contributed by atoms with Crippen molar-refractivity contribution in [1.82, 2.24) is 15.0 Å². The van der Waals surface area contributed by atoms with E-state index in [1.807, 2.05) is 0 Å². The van der Waals surface area contributed by atoms with E-state index in [4.69, 9.17) is 10.5 Å². The van der Waals surface area contributed by atoms with Crippen molar-refractivity contribution in [2.75, 3.05) is 31.0 Å². The quantitative estimate of drug-likeness (QED) is 0.319. The third kappa shape index (κ3) is 5.93. The van der Waals surface area contributed by atoms with Crippen molar-refractivity contribution in [3.05, 3.63) is 65.0 Å². The second kappa shape index (κ2) is 10.0. The van der Waals surface area contributed by atoms with Gasteiger partial charge < -0.3 is 15.8 Å². The van der Waals surface area contributed by atoms with Gasteiger partial charge >= 0.3 is 6.18 Å². The zero-order valence-electron chi connectivity index (χ0n) is 20.5. The van der Waals surface area contributed by atoms with Gasteiger partial charge in [0.1, 0.15) is 34.0 Å². The van der Waals surface area contributed by atoms with Gasteiger partial charge in [-0.05, 0) is 60.4 Å². The topological polar surface area (TPSA) is 120 Å². The zero-order valence-corrected chi connectivity index (χ0v) is 21.3. The van der Waals surface area contributed by atoms with Crippen LogP contribution in [0.2, 0.25) is 0 Å². The number of nitrogens with zero attached hydrogens (tertiary/aromatic N) is 3. The first-order chi connectivity index (χ1) is 17.7. The molecular weight excluding hydrogens is 526 g/mol. The minimum atomic E-state index is -4.55. The van der Waals surface area contributed by atoms with Crippen LogP contribution in [0, 0.1) is 12.7 Å². The monoisotopic (exact) mass is 549 g/mol. The summed E-state index contributed by atoms with van der Waals surface area (Å²) in [6.45, 7) is 0.221. The van der Waals surface area contributed by atoms with E-state index in [2.05, 4.69) is 20.3 Å². The summed E-state index contributed by atoms with van der Waals surface area (Å²) in [7, 11) is -2.37. The molecule has 0 bridgehead atoms. The summed E-state index contributed by atoms with van der Waals surface area (Å²) < 4.78 is 83.1. The molecule has 4 aromatic rings. The molecule has 4 rings (SSSR count). The number of nitrogen functional groups attached to an aromatic ring is 1. The highest BCUT2D eigenvalue weighted by Gasteiger charge is 2.28. The Hall–Kier alpha value is -4.00. The predicted molar refractivity (Wildman–Crippen MR) is 135 cm³/mol. The third-order valence-corrected chi connectivity index (χ3v) is 6.81. The lowest BCUT2D eigenvalue weighted by Crippen LogP contribution is -2.22. The number of aryl methyl sites for hydroxylation is 1. The van der Waals surface area contributed by atoms with Gasteiger partial charge in [-0.15, -0.1) is 0 Å². The molecule has 0 aliphatic carbocycles. The smallest absolute Gasteiger partial charge is 0.405 e. The summed E-state index contributed by atoms with van der Waals surface area (Å²) in [5, 5.41) is 2.21. The highest BCUT2D eigenvalue weighted by Crippen LogP contribution is 2.33. The fourth-order valence-electron chi connectivity index (χ4n) is 3.87. The molecule has 3 N–H and O–H groups in total. The Bertz CT molecular complexity index is 1640. The lowest BCUT2D eigenvalue weighted by Gasteiger charge is -2.15. The van der Waals surface area contributed by atoms with Crippen LogP contribution in [0.1, 0.15) is 16.7 Å². The molecule has 38 heavy (non-hydrogen) atoms. The second-order valence-corrected chi connectivity index (χ2v) is 10.6. The van der Waals surface area contributed by atoms with E-state index in [0.29, 0.717) is 22.3 Å². The van der Waals surface area contributed by atoms with E-state index in [9.17, 15) is 26.0 Å². The number of hydrogen-bond acceptors (Lipinski definition) is 8. The molecule has 8 nitrogen and oxygen atoms in total. The number of rotatable bonds is 7. The molecule has 2 aromatic heterocycles. The van der Waals surface area contributed by atoms with Gasteiger partial charge in [0.25, 0.3) is 0 Å². The van der Waals surface area contributed by atoms with Gasteiger partial charge in [0.2, 0.25) is 5.95 Å². The Labute approximate surface area is 215 Å². The van der Waals surface area contributed by atoms with E-state index < -0.39 is 28.4 Å². The lowest BCUT2D eigenvalue weighted by molar-refractivity contribution is -0.115. The third-order valence-electron chi connectivity index (χ3n) is 5.69. The Morgan fingerprint density at radius 1 is 1.03 bits per heavy atom. The number of fused-ring (bicyclic) bond motifs is 1. The van der Waals surface area contributed by atoms with Crippen molar-refractivity contribution < 1.29 is 30.7 Å². The van der Waals surface area contributed by atoms with Crippen LogP contribution >= 0.6 is 0 Å². The number of methoxy groups -OCH3 is 1. The van der Waals surface area contributed by atoms with Crippen LogP contribution < -0.4 is 15.8 Å². The number of alkyl halides is 3. The summed E-state index contributed by atoms with van der Waals surface area (Å²) in [5.41, 5.74) is 8.03. The highest BCUT2D eigenvalue weighted by molar-refractivity contribution is 7.90. The van der Waals surface area contributed by atoms with E-state index >= 15 is 0 Å². The van der Waals surface area contributed by atoms with Crippen molar-refractivity contribution in [3.8, 4) is 17.0 Å². The second-order valence-electron chi connectivity index (χ2n) is 8.66. The molecule has 0 fully saturated rings. The molecule has 0 saturated heterocycles. The van der Waals surface area contributed by atoms with Crippen LogP contribution in [0.4, 0.5) is 29.3 Å². The number of nitrogens with one attached hydrogen (secondary N) is 1. The summed E-state index contributed by atoms with van der Waals surface area (Å²) in [6, 6.07) is 10.7. The van der Waals surface area contributed by atoms with E-state index in [1.165, 1.54) is 25.3 Å². The van der Waals surface area contributed by atoms with Gasteiger partial charge in [-0.25, -0.2) is 22.8 Å². The first-order valence-electron chi connectivity index (χ1n) is 11.2. The zero-order chi connectivity index (χ0) is 27.8. The van der Waals surface area contributed by atoms with Gasteiger partial charge in [-0.2, -0.15) is 18.2 Å². The Kier molecular flexibility index (Phi) is 7.15. The summed E-state index contributed by atoms with van der Waals surface area (Å²) in [4.78, 5) is 12.5. The normalized spacial score (nSPS) is 12.1. The number of sulfone groups is 1. The van der Waals surface area contributed by atoms with Gasteiger partial charge in [0.05, 0.1) is 12.8 Å². The number of aromatic nitrogens is 3. The number of ether oxygens (including phenoxy) is 1. The number of pyridine rings is 1. The van der Waals surface area contributed by atoms with Crippen LogP contribution in [0.5, 0.6) is 5.75 Å². The first kappa shape index (κ1) is 27.0. The Balaban J connectivity index is 1.96. The molecule has 0 aliphatic rings. The maximum atomic E-state index is 14.3. The highest BCUT2D eigenvalue weighted by atomic mass is 32.2. The van der Waals surface area contributed by atoms with E-state index in [1.54, 1.807) is 31.2 Å². The molecule has 13 heteroatoms. The Morgan fingerprint density at radius 3 is 2.39 bits per heavy atom. The molecule has 200 valence electrons. The fourth-order valence-corrected chi connectivity index (χ4v) is 4.73. The van der Waals surface area contributed by atoms with Gasteiger partial charge in [-0.1, -0.05) is 12.1 Å². The van der Waals surface area contributed by atoms with E-state index in [-0.39, 0.29) is 45.6 Å². The number of anilines is 2. The van der Waals surface area contributed by atoms with Gasteiger partial charge in [0.15, 0.2) is 15.7 Å². The Morgan fingerprint density at radius 2 is 1.76 bits per heavy atom. The van der Waals surface area contributed by atoms with Crippen molar-refractivity contribution >= 4 is 32.6 Å². The van der Waals surface area contributed by atoms with Crippen molar-refractivity contribution in [2.45, 2.75) is 24.4 Å². The molecule has 2 heterocycles. The maximum Gasteiger partial charge on any atom is 0.405 e. The van der Waals surface area contributed by atoms with Crippen LogP contribution in [0.25, 0.3) is 22.3 Å². The molecule has 0 amide bonds. The molecule has 0 spiro atoms. The van der Waals surface area contributed by atoms with Crippen molar-refractivity contribution in [1.29, 1.82) is 0 Å². The summed E-state index contributed by atoms with van der Waals surface area (Å²) >= 11 is 0. The minimum absolute atomic E-state index is 0.0137. The van der Waals surface area contributed by atoms with Crippen LogP contribution in [0.15, 0.2) is 47.4 Å². The van der Waals surface area contributed by atoms with Crippen molar-refractivity contribution in [3.63, 3.8) is 0 Å². The van der Waals surface area contributed by atoms with Crippen molar-refractivity contribution in [2.24, 2.45) is 0 Å². The molecule has 2 aromatic carbocycles. The molecular formula is C25H23F4N5O3S. The lowest BCUT2D eigenvalue weighted by atomic mass is 10.00. The number of nitrogens with two attached hydrogens (primary N) is 1. The molecule has 0 radical (unpaired) electrons. The SMILES string of the molecule is COc1ccc(-c2cc(Cc3ccc(C)c(F)c3)c3nc(N)nc(NCC(F)(F)F)c3n2)cc1S(C)(=O)=O. The molecule has 0 unspecified atom stereocenters. The van der Waals surface area contributed by atoms with Crippen LogP contribution in [-0.4, -0.2) is 49.5 Å². The fraction of sp³-hybridized carbons (Fsp3) is 0.240. The minimum Gasteiger partial charge on any atom is -0.495 e. The van der Waals surface area contributed by atoms with E-state index in [0.717, 1.165) is 6.26 Å². The maximum absolute atomic E-state index is 14.3. The van der Waals surface area contributed by atoms with Gasteiger partial charge in [-0.3, -0.25) is 0 Å². The van der Waals surface area contributed by atoms with Gasteiger partial charge in [0, 0.05) is 11.8 Å². The summed E-state index contributed by atoms with van der Waals surface area (Å²) in [6.07, 6.45) is -3.39. The molecule has 0 aliphatic heterocycles. The van der Waals surface area contributed by atoms with Crippen LogP contribution in [0.3, 0.4) is 0 Å². The predicted octanol–water partition coefficient (Wildman–Crippen LogP) is 4.70. The first-order valence-corrected chi connectivity index (χ1v) is 13.1. The number of halogens is 4. The average molecular weight is 550 g/mol. The standard InChI is InChI=1S/C25H23F4N5O3S/c1-13-4-5-14(9-17(13)26)8-16-10-18(15-6-7-19(37-2)20(11-15)38(3,35)36)32-22-21(16)33-24(30)34-23(22)31-12-25(27,28)29/h4-7,9-11H,8,12H2,1-3H3,(H3,30,31,33,34).